The van der Waals surface area contributed by atoms with E-state index in [-0.39, 0.29) is 49.4 Å². The molecule has 0 unspecified atom stereocenters. The first-order valence-corrected chi connectivity index (χ1v) is 40.3. The van der Waals surface area contributed by atoms with Gasteiger partial charge in [-0.25, -0.2) is 0 Å². The van der Waals surface area contributed by atoms with Gasteiger partial charge in [0.05, 0.1) is 38.8 Å². The molecule has 1 amide bonds. The van der Waals surface area contributed by atoms with Gasteiger partial charge in [-0.1, -0.05) is 288 Å². The van der Waals surface area contributed by atoms with E-state index in [1.54, 1.807) is 30.3 Å². The number of benzene rings is 3. The van der Waals surface area contributed by atoms with Gasteiger partial charge in [-0.3, -0.25) is 18.9 Å². The van der Waals surface area contributed by atoms with Crippen LogP contribution >= 0.6 is 7.37 Å². The fraction of sp³-hybridized carbons (Fsp3) is 0.697. The topological polar surface area (TPSA) is 145 Å². The Morgan fingerprint density at radius 3 is 1.50 bits per heavy atom. The van der Waals surface area contributed by atoms with E-state index < -0.39 is 64.5 Å². The van der Waals surface area contributed by atoms with E-state index in [0.717, 1.165) is 76.2 Å². The van der Waals surface area contributed by atoms with E-state index in [4.69, 9.17) is 32.6 Å². The van der Waals surface area contributed by atoms with E-state index in [0.29, 0.717) is 30.1 Å². The number of nitrogens with one attached hydrogen (secondary N) is 1. The molecule has 3 aromatic rings. The van der Waals surface area contributed by atoms with E-state index in [9.17, 15) is 4.79 Å². The highest BCUT2D eigenvalue weighted by atomic mass is 31.2. The minimum absolute atomic E-state index is 0.00104. The van der Waals surface area contributed by atoms with Crippen LogP contribution in [0.15, 0.2) is 104 Å². The van der Waals surface area contributed by atoms with Crippen LogP contribution in [0.1, 0.15) is 265 Å². The van der Waals surface area contributed by atoms with Crippen molar-refractivity contribution >= 4 is 44.1 Å². The summed E-state index contributed by atoms with van der Waals surface area (Å²) in [7, 11) is -6.60. The Balaban J connectivity index is 1.75. The fourth-order valence-corrected chi connectivity index (χ4v) is 14.9. The lowest BCUT2D eigenvalue weighted by atomic mass is 9.96. The summed E-state index contributed by atoms with van der Waals surface area (Å²) < 4.78 is 63.7. The molecule has 1 saturated heterocycles. The monoisotopic (exact) mass is 1290 g/mol. The van der Waals surface area contributed by atoms with Crippen LogP contribution in [-0.2, 0) is 58.2 Å². The lowest BCUT2D eigenvalue weighted by molar-refractivity contribution is -0.265. The first-order valence-electron chi connectivity index (χ1n) is 35.8. The number of esters is 2. The number of hydrogen-bond donors (Lipinski definition) is 1. The Bertz CT molecular complexity index is 2340. The van der Waals surface area contributed by atoms with Gasteiger partial charge in [0.25, 0.3) is 7.37 Å². The average Bonchev–Trinajstić information content (AvgIpc) is 2.37. The molecule has 0 saturated carbocycles. The summed E-state index contributed by atoms with van der Waals surface area (Å²) in [6.45, 7) is 21.8. The van der Waals surface area contributed by atoms with Gasteiger partial charge in [0.1, 0.15) is 24.4 Å². The summed E-state index contributed by atoms with van der Waals surface area (Å²) in [5.41, 5.74) is 1.00. The molecular weight excluding hydrogens is 1160 g/mol. The molecule has 1 aliphatic rings. The quantitative estimate of drug-likeness (QED) is 0.0190. The van der Waals surface area contributed by atoms with Crippen LogP contribution in [0.3, 0.4) is 0 Å². The van der Waals surface area contributed by atoms with Gasteiger partial charge < -0.3 is 38.0 Å². The van der Waals surface area contributed by atoms with Crippen molar-refractivity contribution in [1.82, 2.24) is 5.32 Å². The van der Waals surface area contributed by atoms with Gasteiger partial charge >= 0.3 is 11.9 Å². The lowest BCUT2D eigenvalue weighted by Crippen LogP contribution is -2.67. The Labute approximate surface area is 548 Å². The molecule has 0 bridgehead atoms. The van der Waals surface area contributed by atoms with E-state index >= 15 is 14.2 Å². The molecular formula is C76H124NO11PSi. The first kappa shape index (κ1) is 78.5. The number of hydrogen-bond acceptors (Lipinski definition) is 11. The maximum atomic E-state index is 16.3. The highest BCUT2D eigenvalue weighted by Gasteiger charge is 2.54. The zero-order valence-corrected chi connectivity index (χ0v) is 59.5. The van der Waals surface area contributed by atoms with Crippen LogP contribution in [0.25, 0.3) is 0 Å². The number of unbranched alkanes of at least 4 members (excludes halogenated alkanes) is 26. The number of carbonyl (C=O) groups excluding carboxylic acids is 3. The molecule has 1 aliphatic heterocycles. The van der Waals surface area contributed by atoms with Crippen molar-refractivity contribution in [2.24, 2.45) is 0 Å². The molecule has 12 nitrogen and oxygen atoms in total. The predicted octanol–water partition coefficient (Wildman–Crippen LogP) is 19.5. The summed E-state index contributed by atoms with van der Waals surface area (Å²) in [5, 5.41) is 3.90. The van der Waals surface area contributed by atoms with Crippen molar-refractivity contribution in [2.75, 3.05) is 13.2 Å². The molecule has 0 aromatic heterocycles. The Hall–Kier alpha value is -3.94. The SMILES string of the molecule is C=CCO[C@H]1O[C@H](CO[Si](C)(C)C(C)(C)C)[C@@H](OP(=O)(c2ccccc2)c2ccccc2)[C@H](OC(=O)C[C@@H](CCCCCCCCCCC)OC(=O)CCCCCCCCCCCCC)[C@H]1NC(=O)C[C@H](CCCCCCCCCCC)OCc1ccccc1. The van der Waals surface area contributed by atoms with Gasteiger partial charge in [-0.05, 0) is 73.6 Å². The second kappa shape index (κ2) is 46.2. The molecule has 14 heteroatoms. The molecule has 1 heterocycles. The van der Waals surface area contributed by atoms with E-state index in [1.165, 1.54) is 116 Å². The number of ether oxygens (including phenoxy) is 5. The standard InChI is InChI=1S/C76H124NO11PSi/c1-10-14-17-20-23-26-27-30-33-36-48-57-70(79)85-65(52-43-35-32-29-25-22-19-16-12-3)60-71(80)87-74-72(77-69(78)59-64(83-61-63-49-40-37-41-50-63)51-42-34-31-28-24-21-18-15-11-2)75(82-58-13-4)86-68(62-84-90(8,9)76(5,6)7)73(74)88-89(81,66-53-44-38-45-54-66)67-55-46-39-47-56-67/h13,37-41,44-47,49-50,53-56,64-65,68,72-75H,4,10-12,14-36,42-43,48,51-52,57-62H2,1-3,5-9H3,(H,77,78)/t64-,65+,68+,72+,73+,74+,75-/m0/s1. The molecule has 0 spiro atoms. The normalized spacial score (nSPS) is 17.8. The van der Waals surface area contributed by atoms with Crippen molar-refractivity contribution in [3.63, 3.8) is 0 Å². The van der Waals surface area contributed by atoms with Gasteiger partial charge in [0.2, 0.25) is 5.91 Å². The Morgan fingerprint density at radius 2 is 1.03 bits per heavy atom. The Morgan fingerprint density at radius 1 is 0.589 bits per heavy atom. The van der Waals surface area contributed by atoms with Crippen molar-refractivity contribution in [3.8, 4) is 0 Å². The number of rotatable bonds is 52. The van der Waals surface area contributed by atoms with Crippen molar-refractivity contribution in [3.05, 3.63) is 109 Å². The molecule has 0 radical (unpaired) electrons. The van der Waals surface area contributed by atoms with Gasteiger partial charge in [-0.2, -0.15) is 0 Å². The summed E-state index contributed by atoms with van der Waals surface area (Å²) >= 11 is 0. The predicted molar refractivity (Wildman–Crippen MR) is 373 cm³/mol. The molecule has 1 N–H and O–H groups in total. The molecule has 90 heavy (non-hydrogen) atoms. The third kappa shape index (κ3) is 31.3. The summed E-state index contributed by atoms with van der Waals surface area (Å²) in [6, 6.07) is 26.9. The van der Waals surface area contributed by atoms with E-state index in [1.807, 2.05) is 66.7 Å². The third-order valence-corrected chi connectivity index (χ3v) is 25.2. The highest BCUT2D eigenvalue weighted by molar-refractivity contribution is 7.74. The van der Waals surface area contributed by atoms with Crippen molar-refractivity contribution in [2.45, 2.75) is 327 Å². The maximum Gasteiger partial charge on any atom is 0.310 e. The van der Waals surface area contributed by atoms with Crippen LogP contribution in [0, 0.1) is 0 Å². The average molecular weight is 1290 g/mol. The molecule has 1 fully saturated rings. The molecule has 4 rings (SSSR count). The molecule has 3 aromatic carbocycles. The van der Waals surface area contributed by atoms with Gasteiger partial charge in [-0.15, -0.1) is 6.58 Å². The summed E-state index contributed by atoms with van der Waals surface area (Å²) in [4.78, 5) is 44.2. The minimum atomic E-state index is -4.08. The van der Waals surface area contributed by atoms with Crippen LogP contribution in [0.5, 0.6) is 0 Å². The fourth-order valence-electron chi connectivity index (χ4n) is 11.6. The van der Waals surface area contributed by atoms with Gasteiger partial charge in [0, 0.05) is 17.0 Å². The van der Waals surface area contributed by atoms with Crippen LogP contribution in [-0.4, -0.2) is 82.2 Å². The summed E-state index contributed by atoms with van der Waals surface area (Å²) in [5.74, 6) is -1.35. The van der Waals surface area contributed by atoms with Crippen LogP contribution < -0.4 is 15.9 Å². The summed E-state index contributed by atoms with van der Waals surface area (Å²) in [6.07, 6.45) is 30.1. The maximum absolute atomic E-state index is 16.3. The van der Waals surface area contributed by atoms with E-state index in [2.05, 4.69) is 66.5 Å². The second-order valence-electron chi connectivity index (χ2n) is 27.0. The minimum Gasteiger partial charge on any atom is -0.462 e. The second-order valence-corrected chi connectivity index (χ2v) is 34.2. The highest BCUT2D eigenvalue weighted by Crippen LogP contribution is 2.49. The van der Waals surface area contributed by atoms with Crippen LogP contribution in [0.4, 0.5) is 0 Å². The number of amides is 1. The largest absolute Gasteiger partial charge is 0.462 e. The molecule has 508 valence electrons. The zero-order valence-electron chi connectivity index (χ0n) is 57.6. The third-order valence-electron chi connectivity index (χ3n) is 18.2. The van der Waals surface area contributed by atoms with Gasteiger partial charge in [0.15, 0.2) is 20.7 Å². The molecule has 7 atom stereocenters. The first-order chi connectivity index (χ1) is 43.5. The van der Waals surface area contributed by atoms with Crippen molar-refractivity contribution < 1.29 is 51.6 Å². The smallest absolute Gasteiger partial charge is 0.310 e. The number of carbonyl (C=O) groups is 3. The van der Waals surface area contributed by atoms with Crippen molar-refractivity contribution in [1.29, 1.82) is 0 Å². The Kier molecular flexibility index (Phi) is 40.3. The van der Waals surface area contributed by atoms with Crippen LogP contribution in [0.2, 0.25) is 18.1 Å². The zero-order chi connectivity index (χ0) is 65.1. The lowest BCUT2D eigenvalue weighted by Gasteiger charge is -2.47. The molecule has 0 aliphatic carbocycles.